The molecule has 3 rings (SSSR count). The molecule has 1 atom stereocenters. The summed E-state index contributed by atoms with van der Waals surface area (Å²) in [6.45, 7) is 9.37. The minimum Gasteiger partial charge on any atom is -0.476 e. The molecule has 1 saturated heterocycles. The van der Waals surface area contributed by atoms with Gasteiger partial charge in [-0.3, -0.25) is 0 Å². The van der Waals surface area contributed by atoms with Crippen molar-refractivity contribution >= 4 is 5.52 Å². The third kappa shape index (κ3) is 3.18. The molecule has 0 saturated carbocycles. The van der Waals surface area contributed by atoms with Crippen LogP contribution in [0.15, 0.2) is 18.5 Å². The number of piperidine rings is 1. The lowest BCUT2D eigenvalue weighted by Gasteiger charge is -2.22. The Balaban J connectivity index is 1.79. The van der Waals surface area contributed by atoms with Crippen LogP contribution in [0.2, 0.25) is 0 Å². The number of fused-ring (bicyclic) bond motifs is 1. The van der Waals surface area contributed by atoms with Gasteiger partial charge in [0.15, 0.2) is 0 Å². The standard InChI is InChI=1S/C16H24N4O/c1-16(2,3)14-9-13-15(18-7-8-20(13)19-14)21-11-12-5-4-6-17-10-12/h7-9,12,17H,4-6,10-11H2,1-3H3. The van der Waals surface area contributed by atoms with Crippen LogP contribution in [-0.4, -0.2) is 34.3 Å². The first kappa shape index (κ1) is 14.3. The van der Waals surface area contributed by atoms with Gasteiger partial charge in [0.05, 0.1) is 12.3 Å². The monoisotopic (exact) mass is 288 g/mol. The Kier molecular flexibility index (Phi) is 3.85. The predicted octanol–water partition coefficient (Wildman–Crippen LogP) is 2.41. The fourth-order valence-electron chi connectivity index (χ4n) is 2.64. The Hall–Kier alpha value is -1.62. The van der Waals surface area contributed by atoms with E-state index in [4.69, 9.17) is 4.74 Å². The van der Waals surface area contributed by atoms with Gasteiger partial charge in [-0.2, -0.15) is 5.10 Å². The molecule has 2 aromatic heterocycles. The molecule has 0 aliphatic carbocycles. The predicted molar refractivity (Wildman–Crippen MR) is 82.8 cm³/mol. The normalized spacial score (nSPS) is 19.9. The number of hydrogen-bond acceptors (Lipinski definition) is 4. The average molecular weight is 288 g/mol. The van der Waals surface area contributed by atoms with Gasteiger partial charge in [-0.05, 0) is 25.5 Å². The Morgan fingerprint density at radius 3 is 3.00 bits per heavy atom. The average Bonchev–Trinajstić information content (AvgIpc) is 2.91. The van der Waals surface area contributed by atoms with E-state index in [1.807, 2.05) is 10.7 Å². The lowest BCUT2D eigenvalue weighted by Crippen LogP contribution is -2.33. The number of nitrogens with one attached hydrogen (secondary N) is 1. The van der Waals surface area contributed by atoms with Crippen molar-refractivity contribution in [1.82, 2.24) is 19.9 Å². The molecule has 5 nitrogen and oxygen atoms in total. The Morgan fingerprint density at radius 2 is 2.29 bits per heavy atom. The second-order valence-corrected chi connectivity index (χ2v) is 6.87. The molecule has 114 valence electrons. The SMILES string of the molecule is CC(C)(C)c1cc2c(OCC3CCCNC3)nccn2n1. The van der Waals surface area contributed by atoms with Crippen LogP contribution in [0.4, 0.5) is 0 Å². The van der Waals surface area contributed by atoms with Crippen molar-refractivity contribution in [3.05, 3.63) is 24.2 Å². The zero-order chi connectivity index (χ0) is 14.9. The van der Waals surface area contributed by atoms with Crippen LogP contribution in [0.1, 0.15) is 39.3 Å². The number of aromatic nitrogens is 3. The van der Waals surface area contributed by atoms with E-state index in [1.54, 1.807) is 6.20 Å². The van der Waals surface area contributed by atoms with Gasteiger partial charge >= 0.3 is 0 Å². The van der Waals surface area contributed by atoms with Crippen LogP contribution in [0.25, 0.3) is 5.52 Å². The highest BCUT2D eigenvalue weighted by Crippen LogP contribution is 2.26. The molecule has 0 spiro atoms. The topological polar surface area (TPSA) is 51.5 Å². The lowest BCUT2D eigenvalue weighted by atomic mass is 9.92. The molecule has 0 aromatic carbocycles. The van der Waals surface area contributed by atoms with Crippen molar-refractivity contribution in [1.29, 1.82) is 0 Å². The molecular formula is C16H24N4O. The fraction of sp³-hybridized carbons (Fsp3) is 0.625. The summed E-state index contributed by atoms with van der Waals surface area (Å²) in [6, 6.07) is 2.08. The summed E-state index contributed by atoms with van der Waals surface area (Å²) >= 11 is 0. The number of hydrogen-bond donors (Lipinski definition) is 1. The summed E-state index contributed by atoms with van der Waals surface area (Å²) in [6.07, 6.45) is 6.08. The quantitative estimate of drug-likeness (QED) is 0.942. The van der Waals surface area contributed by atoms with Gasteiger partial charge < -0.3 is 10.1 Å². The van der Waals surface area contributed by atoms with Gasteiger partial charge in [0.1, 0.15) is 5.52 Å². The van der Waals surface area contributed by atoms with Gasteiger partial charge in [0.2, 0.25) is 5.88 Å². The molecular weight excluding hydrogens is 264 g/mol. The maximum atomic E-state index is 5.97. The van der Waals surface area contributed by atoms with Gasteiger partial charge in [0.25, 0.3) is 0 Å². The second-order valence-electron chi connectivity index (χ2n) is 6.87. The molecule has 1 aliphatic rings. The van der Waals surface area contributed by atoms with E-state index in [-0.39, 0.29) is 5.41 Å². The van der Waals surface area contributed by atoms with Crippen molar-refractivity contribution < 1.29 is 4.74 Å². The highest BCUT2D eigenvalue weighted by Gasteiger charge is 2.20. The molecule has 1 fully saturated rings. The number of rotatable bonds is 3. The zero-order valence-corrected chi connectivity index (χ0v) is 13.1. The highest BCUT2D eigenvalue weighted by molar-refractivity contribution is 5.57. The van der Waals surface area contributed by atoms with Gasteiger partial charge in [-0.1, -0.05) is 20.8 Å². The molecule has 21 heavy (non-hydrogen) atoms. The van der Waals surface area contributed by atoms with Crippen molar-refractivity contribution in [2.45, 2.75) is 39.0 Å². The third-order valence-corrected chi connectivity index (χ3v) is 3.98. The minimum atomic E-state index is 0.0244. The third-order valence-electron chi connectivity index (χ3n) is 3.98. The highest BCUT2D eigenvalue weighted by atomic mass is 16.5. The van der Waals surface area contributed by atoms with Crippen LogP contribution in [0.3, 0.4) is 0 Å². The summed E-state index contributed by atoms with van der Waals surface area (Å²) in [7, 11) is 0. The van der Waals surface area contributed by atoms with Crippen LogP contribution >= 0.6 is 0 Å². The molecule has 0 radical (unpaired) electrons. The smallest absolute Gasteiger partial charge is 0.240 e. The molecule has 3 heterocycles. The van der Waals surface area contributed by atoms with Gasteiger partial charge in [-0.25, -0.2) is 9.50 Å². The van der Waals surface area contributed by atoms with E-state index in [2.05, 4.69) is 42.2 Å². The molecule has 1 N–H and O–H groups in total. The maximum absolute atomic E-state index is 5.97. The van der Waals surface area contributed by atoms with Crippen LogP contribution in [0, 0.1) is 5.92 Å². The zero-order valence-electron chi connectivity index (χ0n) is 13.1. The molecule has 0 bridgehead atoms. The summed E-state index contributed by atoms with van der Waals surface area (Å²) in [4.78, 5) is 4.38. The van der Waals surface area contributed by atoms with E-state index in [1.165, 1.54) is 12.8 Å². The van der Waals surface area contributed by atoms with E-state index in [9.17, 15) is 0 Å². The Labute approximate surface area is 125 Å². The fourth-order valence-corrected chi connectivity index (χ4v) is 2.64. The van der Waals surface area contributed by atoms with Crippen LogP contribution in [-0.2, 0) is 5.41 Å². The van der Waals surface area contributed by atoms with Crippen molar-refractivity contribution in [2.24, 2.45) is 5.92 Å². The largest absolute Gasteiger partial charge is 0.476 e. The van der Waals surface area contributed by atoms with Gasteiger partial charge in [0, 0.05) is 30.3 Å². The van der Waals surface area contributed by atoms with Crippen molar-refractivity contribution in [3.63, 3.8) is 0 Å². The summed E-state index contributed by atoms with van der Waals surface area (Å²) < 4.78 is 7.84. The number of ether oxygens (including phenoxy) is 1. The first-order valence-corrected chi connectivity index (χ1v) is 7.72. The van der Waals surface area contributed by atoms with E-state index < -0.39 is 0 Å². The second kappa shape index (κ2) is 5.64. The van der Waals surface area contributed by atoms with Gasteiger partial charge in [-0.15, -0.1) is 0 Å². The first-order chi connectivity index (χ1) is 10.0. The summed E-state index contributed by atoms with van der Waals surface area (Å²) in [5, 5.41) is 8.04. The molecule has 2 aromatic rings. The van der Waals surface area contributed by atoms with E-state index in [0.717, 1.165) is 30.9 Å². The molecule has 0 amide bonds. The molecule has 5 heteroatoms. The van der Waals surface area contributed by atoms with Crippen molar-refractivity contribution in [3.8, 4) is 5.88 Å². The number of nitrogens with zero attached hydrogens (tertiary/aromatic N) is 3. The Bertz CT molecular complexity index is 608. The lowest BCUT2D eigenvalue weighted by molar-refractivity contribution is 0.213. The van der Waals surface area contributed by atoms with Crippen LogP contribution in [0.5, 0.6) is 5.88 Å². The summed E-state index contributed by atoms with van der Waals surface area (Å²) in [5.41, 5.74) is 2.03. The molecule has 1 aliphatic heterocycles. The molecule has 1 unspecified atom stereocenters. The van der Waals surface area contributed by atoms with E-state index in [0.29, 0.717) is 11.8 Å². The maximum Gasteiger partial charge on any atom is 0.240 e. The van der Waals surface area contributed by atoms with Crippen LogP contribution < -0.4 is 10.1 Å². The minimum absolute atomic E-state index is 0.0244. The summed E-state index contributed by atoms with van der Waals surface area (Å²) in [5.74, 6) is 1.26. The first-order valence-electron chi connectivity index (χ1n) is 7.72. The van der Waals surface area contributed by atoms with E-state index >= 15 is 0 Å². The Morgan fingerprint density at radius 1 is 1.43 bits per heavy atom. The van der Waals surface area contributed by atoms with Crippen molar-refractivity contribution in [2.75, 3.05) is 19.7 Å².